The second kappa shape index (κ2) is 38.1. The van der Waals surface area contributed by atoms with E-state index in [0.717, 1.165) is 96.3 Å². The fourth-order valence-corrected chi connectivity index (χ4v) is 7.38. The van der Waals surface area contributed by atoms with Crippen LogP contribution in [0.2, 0.25) is 0 Å². The number of unbranched alkanes of at least 4 members (excludes halogenated alkanes) is 13. The second-order valence-electron chi connectivity index (χ2n) is 17.3. The average Bonchev–Trinajstić information content (AvgIpc) is 3.31. The number of carbonyl (C=O) groups is 2. The third-order valence-electron chi connectivity index (χ3n) is 11.5. The summed E-state index contributed by atoms with van der Waals surface area (Å²) in [6.45, 7) is 2.40. The van der Waals surface area contributed by atoms with Crippen LogP contribution in [0.5, 0.6) is 0 Å². The van der Waals surface area contributed by atoms with Gasteiger partial charge >= 0.3 is 11.9 Å². The van der Waals surface area contributed by atoms with Crippen molar-refractivity contribution in [2.45, 2.75) is 223 Å². The van der Waals surface area contributed by atoms with Crippen LogP contribution in [0.15, 0.2) is 60.8 Å². The van der Waals surface area contributed by atoms with Gasteiger partial charge in [-0.25, -0.2) is 0 Å². The highest BCUT2D eigenvalue weighted by Gasteiger charge is 2.47. The van der Waals surface area contributed by atoms with E-state index in [2.05, 4.69) is 74.6 Å². The van der Waals surface area contributed by atoms with Crippen molar-refractivity contribution in [2.75, 3.05) is 26.4 Å². The Morgan fingerprint density at radius 3 is 1.50 bits per heavy atom. The van der Waals surface area contributed by atoms with Gasteiger partial charge < -0.3 is 64.2 Å². The highest BCUT2D eigenvalue weighted by atomic mass is 16.7. The molecule has 380 valence electrons. The van der Waals surface area contributed by atoms with Gasteiger partial charge in [0.25, 0.3) is 0 Å². The Hall–Kier alpha value is -2.80. The molecular weight excluding hydrogens is 853 g/mol. The van der Waals surface area contributed by atoms with Crippen molar-refractivity contribution >= 4 is 11.9 Å². The summed E-state index contributed by atoms with van der Waals surface area (Å²) in [5.41, 5.74) is 0. The Kier molecular flexibility index (Phi) is 34.2. The van der Waals surface area contributed by atoms with Crippen LogP contribution in [-0.4, -0.2) is 142 Å². The monoisotopic (exact) mass is 939 g/mol. The molecular formula is C51H86O15. The Bertz CT molecular complexity index is 1380. The van der Waals surface area contributed by atoms with Crippen molar-refractivity contribution < 1.29 is 73.8 Å². The normalized spacial score (nSPS) is 26.7. The zero-order valence-corrected chi connectivity index (χ0v) is 39.9. The van der Waals surface area contributed by atoms with E-state index in [1.165, 1.54) is 19.3 Å². The molecule has 0 unspecified atom stereocenters. The average molecular weight is 939 g/mol. The lowest BCUT2D eigenvalue weighted by Crippen LogP contribution is -2.61. The Balaban J connectivity index is 1.84. The zero-order valence-electron chi connectivity index (χ0n) is 39.9. The smallest absolute Gasteiger partial charge is 0.306 e. The molecule has 2 aliphatic heterocycles. The van der Waals surface area contributed by atoms with Gasteiger partial charge in [-0.2, -0.15) is 0 Å². The first kappa shape index (κ1) is 59.3. The largest absolute Gasteiger partial charge is 0.462 e. The molecule has 2 aliphatic rings. The molecule has 0 spiro atoms. The van der Waals surface area contributed by atoms with E-state index in [9.17, 15) is 45.3 Å². The van der Waals surface area contributed by atoms with Crippen LogP contribution in [0.1, 0.15) is 155 Å². The molecule has 15 nitrogen and oxygen atoms in total. The maximum atomic E-state index is 13.0. The number of carbonyl (C=O) groups excluding carboxylic acids is 2. The molecule has 7 N–H and O–H groups in total. The van der Waals surface area contributed by atoms with Crippen molar-refractivity contribution in [1.29, 1.82) is 0 Å². The number of allylic oxidation sites excluding steroid dienone is 10. The molecule has 0 saturated carbocycles. The number of hydrogen-bond donors (Lipinski definition) is 7. The van der Waals surface area contributed by atoms with Gasteiger partial charge in [0.1, 0.15) is 55.4 Å². The van der Waals surface area contributed by atoms with Gasteiger partial charge in [0.05, 0.1) is 19.8 Å². The molecule has 2 heterocycles. The summed E-state index contributed by atoms with van der Waals surface area (Å²) in [7, 11) is 0. The summed E-state index contributed by atoms with van der Waals surface area (Å²) in [4.78, 5) is 25.7. The van der Waals surface area contributed by atoms with E-state index in [4.69, 9.17) is 28.4 Å². The summed E-state index contributed by atoms with van der Waals surface area (Å²) in [6, 6.07) is 0. The van der Waals surface area contributed by atoms with Gasteiger partial charge in [-0.05, 0) is 77.0 Å². The predicted octanol–water partition coefficient (Wildman–Crippen LogP) is 6.49. The highest BCUT2D eigenvalue weighted by molar-refractivity contribution is 5.70. The molecule has 2 rings (SSSR count). The molecule has 0 aromatic carbocycles. The Morgan fingerprint density at radius 2 is 0.955 bits per heavy atom. The predicted molar refractivity (Wildman–Crippen MR) is 252 cm³/mol. The van der Waals surface area contributed by atoms with Gasteiger partial charge in [0.2, 0.25) is 0 Å². The van der Waals surface area contributed by atoms with E-state index < -0.39 is 99.3 Å². The number of aliphatic hydroxyl groups is 7. The van der Waals surface area contributed by atoms with Crippen LogP contribution in [0.4, 0.5) is 0 Å². The van der Waals surface area contributed by atoms with Crippen LogP contribution in [0.3, 0.4) is 0 Å². The van der Waals surface area contributed by atoms with Crippen molar-refractivity contribution in [3.05, 3.63) is 60.8 Å². The van der Waals surface area contributed by atoms with Crippen LogP contribution >= 0.6 is 0 Å². The van der Waals surface area contributed by atoms with Crippen molar-refractivity contribution in [3.63, 3.8) is 0 Å². The fraction of sp³-hybridized carbons (Fsp3) is 0.765. The van der Waals surface area contributed by atoms with E-state index in [0.29, 0.717) is 12.8 Å². The van der Waals surface area contributed by atoms with Crippen molar-refractivity contribution in [3.8, 4) is 0 Å². The molecule has 0 bridgehead atoms. The summed E-state index contributed by atoms with van der Waals surface area (Å²) >= 11 is 0. The van der Waals surface area contributed by atoms with Gasteiger partial charge in [0, 0.05) is 12.8 Å². The van der Waals surface area contributed by atoms with Crippen molar-refractivity contribution in [1.82, 2.24) is 0 Å². The van der Waals surface area contributed by atoms with Crippen LogP contribution < -0.4 is 0 Å². The SMILES string of the molecule is CC/C=C\C/C=C\C/C=C\CCCCCCCC(=O)OC[C@H](CO[C@@H]1O[C@H](CO[C@H]2O[C@H](CO)[C@H](O)[C@@H](O)[C@H]2O)[C@@H](O)[C@H](O)[C@H]1O)OC(=O)CCCCCCC/C=C\C/C=C\CCCCC. The minimum absolute atomic E-state index is 0.142. The van der Waals surface area contributed by atoms with E-state index in [1.807, 2.05) is 0 Å². The molecule has 0 aromatic rings. The summed E-state index contributed by atoms with van der Waals surface area (Å²) in [5.74, 6) is -0.966. The minimum Gasteiger partial charge on any atom is -0.462 e. The van der Waals surface area contributed by atoms with E-state index >= 15 is 0 Å². The Labute approximate surface area is 394 Å². The van der Waals surface area contributed by atoms with E-state index in [1.54, 1.807) is 0 Å². The first-order valence-corrected chi connectivity index (χ1v) is 24.9. The van der Waals surface area contributed by atoms with Crippen LogP contribution in [-0.2, 0) is 38.0 Å². The zero-order chi connectivity index (χ0) is 48.2. The maximum absolute atomic E-state index is 13.0. The number of ether oxygens (including phenoxy) is 6. The third kappa shape index (κ3) is 26.1. The number of aliphatic hydroxyl groups excluding tert-OH is 7. The Morgan fingerprint density at radius 1 is 0.500 bits per heavy atom. The van der Waals surface area contributed by atoms with Gasteiger partial charge in [-0.1, -0.05) is 126 Å². The van der Waals surface area contributed by atoms with Crippen molar-refractivity contribution in [2.24, 2.45) is 0 Å². The summed E-state index contributed by atoms with van der Waals surface area (Å²) in [6.07, 6.45) is 25.3. The van der Waals surface area contributed by atoms with Crippen LogP contribution in [0, 0.1) is 0 Å². The molecule has 0 aliphatic carbocycles. The third-order valence-corrected chi connectivity index (χ3v) is 11.5. The lowest BCUT2D eigenvalue weighted by molar-refractivity contribution is -0.332. The lowest BCUT2D eigenvalue weighted by atomic mass is 9.98. The standard InChI is InChI=1S/C51H86O15/c1-3-5-7-9-11-13-15-17-19-21-23-25-27-29-31-33-42(53)61-36-39(64-43(54)34-32-30-28-26-24-22-20-18-16-14-12-10-8-6-4-2)37-62-50-49(60)47(58)45(56)41(66-50)38-63-51-48(59)46(57)44(55)40(35-52)65-51/h5,7,11-14,17-20,39-41,44-52,55-60H,3-4,6,8-10,15-16,21-38H2,1-2H3/b7-5-,13-11-,14-12-,19-17-,20-18-/t39-,40-,41-,44+,45-,46-,47+,48-,49-,50-,51+/m1/s1. The molecule has 0 amide bonds. The summed E-state index contributed by atoms with van der Waals surface area (Å²) < 4.78 is 33.5. The summed E-state index contributed by atoms with van der Waals surface area (Å²) in [5, 5.41) is 72.0. The van der Waals surface area contributed by atoms with Gasteiger partial charge in [-0.3, -0.25) is 9.59 Å². The number of rotatable bonds is 37. The number of esters is 2. The fourth-order valence-electron chi connectivity index (χ4n) is 7.38. The first-order chi connectivity index (χ1) is 32.0. The molecule has 2 saturated heterocycles. The molecule has 15 heteroatoms. The quantitative estimate of drug-likeness (QED) is 0.0201. The minimum atomic E-state index is -1.77. The molecule has 0 aromatic heterocycles. The maximum Gasteiger partial charge on any atom is 0.306 e. The lowest BCUT2D eigenvalue weighted by Gasteiger charge is -2.42. The van der Waals surface area contributed by atoms with E-state index in [-0.39, 0.29) is 19.4 Å². The van der Waals surface area contributed by atoms with Gasteiger partial charge in [0.15, 0.2) is 18.7 Å². The first-order valence-electron chi connectivity index (χ1n) is 24.9. The van der Waals surface area contributed by atoms with Crippen LogP contribution in [0.25, 0.3) is 0 Å². The van der Waals surface area contributed by atoms with Gasteiger partial charge in [-0.15, -0.1) is 0 Å². The molecule has 11 atom stereocenters. The number of hydrogen-bond acceptors (Lipinski definition) is 15. The molecule has 66 heavy (non-hydrogen) atoms. The highest BCUT2D eigenvalue weighted by Crippen LogP contribution is 2.26. The molecule has 0 radical (unpaired) electrons. The second-order valence-corrected chi connectivity index (χ2v) is 17.3. The topological polar surface area (TPSA) is 231 Å². The molecule has 2 fully saturated rings.